The van der Waals surface area contributed by atoms with E-state index in [9.17, 15) is 0 Å². The number of hydrogen-bond donors (Lipinski definition) is 1. The lowest BCUT2D eigenvalue weighted by molar-refractivity contribution is 0.358. The van der Waals surface area contributed by atoms with E-state index < -0.39 is 0 Å². The number of hydrogen-bond acceptors (Lipinski definition) is 1. The van der Waals surface area contributed by atoms with Gasteiger partial charge in [-0.25, -0.2) is 0 Å². The molecule has 0 aromatic rings. The minimum absolute atomic E-state index is 0.640. The first kappa shape index (κ1) is 12.5. The highest BCUT2D eigenvalue weighted by Gasteiger charge is 2.12. The van der Waals surface area contributed by atoms with Crippen LogP contribution in [0.2, 0.25) is 0 Å². The SMILES string of the molecule is CC#CCCC(NC)C(C)CCC. The summed E-state index contributed by atoms with van der Waals surface area (Å²) in [5, 5.41) is 3.38. The molecule has 76 valence electrons. The lowest BCUT2D eigenvalue weighted by atomic mass is 9.93. The normalized spacial score (nSPS) is 14.5. The van der Waals surface area contributed by atoms with Crippen LogP contribution in [0.4, 0.5) is 0 Å². The summed E-state index contributed by atoms with van der Waals surface area (Å²) < 4.78 is 0. The Balaban J connectivity index is 3.77. The molecular formula is C12H23N. The van der Waals surface area contributed by atoms with Gasteiger partial charge in [-0.3, -0.25) is 0 Å². The van der Waals surface area contributed by atoms with Crippen LogP contribution in [0, 0.1) is 17.8 Å². The smallest absolute Gasteiger partial charge is 0.0103 e. The van der Waals surface area contributed by atoms with E-state index in [4.69, 9.17) is 0 Å². The van der Waals surface area contributed by atoms with Crippen molar-refractivity contribution in [2.24, 2.45) is 5.92 Å². The highest BCUT2D eigenvalue weighted by molar-refractivity contribution is 4.95. The molecule has 2 atom stereocenters. The molecule has 0 fully saturated rings. The average Bonchev–Trinajstić information content (AvgIpc) is 2.13. The zero-order valence-electron chi connectivity index (χ0n) is 9.48. The van der Waals surface area contributed by atoms with Gasteiger partial charge < -0.3 is 5.32 Å². The van der Waals surface area contributed by atoms with E-state index >= 15 is 0 Å². The van der Waals surface area contributed by atoms with E-state index in [1.165, 1.54) is 19.3 Å². The molecule has 0 bridgehead atoms. The van der Waals surface area contributed by atoms with Gasteiger partial charge in [-0.1, -0.05) is 20.3 Å². The summed E-state index contributed by atoms with van der Waals surface area (Å²) in [5.74, 6) is 6.83. The molecule has 0 aliphatic heterocycles. The maximum Gasteiger partial charge on any atom is 0.0103 e. The van der Waals surface area contributed by atoms with E-state index in [0.717, 1.165) is 12.3 Å². The molecule has 2 unspecified atom stereocenters. The Hall–Kier alpha value is -0.480. The lowest BCUT2D eigenvalue weighted by Crippen LogP contribution is -2.31. The van der Waals surface area contributed by atoms with Gasteiger partial charge in [-0.15, -0.1) is 11.8 Å². The second-order valence-corrected chi connectivity index (χ2v) is 3.63. The van der Waals surface area contributed by atoms with Gasteiger partial charge in [0.05, 0.1) is 0 Å². The van der Waals surface area contributed by atoms with Crippen LogP contribution in [-0.2, 0) is 0 Å². The second kappa shape index (κ2) is 8.13. The van der Waals surface area contributed by atoms with Crippen LogP contribution in [-0.4, -0.2) is 13.1 Å². The standard InChI is InChI=1S/C12H23N/c1-5-7-8-10-12(13-4)11(3)9-6-2/h11-13H,6,8-10H2,1-4H3. The van der Waals surface area contributed by atoms with Gasteiger partial charge >= 0.3 is 0 Å². The van der Waals surface area contributed by atoms with Crippen LogP contribution < -0.4 is 5.32 Å². The van der Waals surface area contributed by atoms with Crippen LogP contribution in [0.15, 0.2) is 0 Å². The Morgan fingerprint density at radius 2 is 2.00 bits per heavy atom. The van der Waals surface area contributed by atoms with Gasteiger partial charge in [0, 0.05) is 12.5 Å². The van der Waals surface area contributed by atoms with Crippen molar-refractivity contribution < 1.29 is 0 Å². The number of rotatable bonds is 6. The van der Waals surface area contributed by atoms with Crippen LogP contribution in [0.5, 0.6) is 0 Å². The first-order valence-corrected chi connectivity index (χ1v) is 5.33. The highest BCUT2D eigenvalue weighted by Crippen LogP contribution is 2.14. The van der Waals surface area contributed by atoms with Gasteiger partial charge in [0.25, 0.3) is 0 Å². The summed E-state index contributed by atoms with van der Waals surface area (Å²) in [7, 11) is 2.05. The summed E-state index contributed by atoms with van der Waals surface area (Å²) in [5.41, 5.74) is 0. The fraction of sp³-hybridized carbons (Fsp3) is 0.833. The average molecular weight is 181 g/mol. The minimum Gasteiger partial charge on any atom is -0.317 e. The Morgan fingerprint density at radius 1 is 1.31 bits per heavy atom. The van der Waals surface area contributed by atoms with E-state index in [0.29, 0.717) is 6.04 Å². The topological polar surface area (TPSA) is 12.0 Å². The van der Waals surface area contributed by atoms with Gasteiger partial charge in [-0.05, 0) is 32.7 Å². The predicted molar refractivity (Wildman–Crippen MR) is 59.6 cm³/mol. The molecule has 0 spiro atoms. The van der Waals surface area contributed by atoms with Gasteiger partial charge in [0.1, 0.15) is 0 Å². The van der Waals surface area contributed by atoms with Crippen molar-refractivity contribution in [3.8, 4) is 11.8 Å². The fourth-order valence-corrected chi connectivity index (χ4v) is 1.72. The Labute approximate surface area is 83.3 Å². The molecule has 13 heavy (non-hydrogen) atoms. The Morgan fingerprint density at radius 3 is 2.46 bits per heavy atom. The van der Waals surface area contributed by atoms with Crippen LogP contribution in [0.25, 0.3) is 0 Å². The van der Waals surface area contributed by atoms with E-state index in [-0.39, 0.29) is 0 Å². The fourth-order valence-electron chi connectivity index (χ4n) is 1.72. The molecule has 0 rings (SSSR count). The highest BCUT2D eigenvalue weighted by atomic mass is 14.9. The zero-order chi connectivity index (χ0) is 10.1. The van der Waals surface area contributed by atoms with Gasteiger partial charge in [0.2, 0.25) is 0 Å². The predicted octanol–water partition coefficient (Wildman–Crippen LogP) is 2.81. The zero-order valence-corrected chi connectivity index (χ0v) is 9.48. The lowest BCUT2D eigenvalue weighted by Gasteiger charge is -2.22. The van der Waals surface area contributed by atoms with Crippen LogP contribution in [0.1, 0.15) is 46.5 Å². The molecule has 0 radical (unpaired) electrons. The largest absolute Gasteiger partial charge is 0.317 e. The Kier molecular flexibility index (Phi) is 7.83. The molecule has 1 N–H and O–H groups in total. The molecule has 1 heteroatoms. The quantitative estimate of drug-likeness (QED) is 0.621. The molecule has 0 saturated carbocycles. The third-order valence-corrected chi connectivity index (χ3v) is 2.56. The first-order valence-electron chi connectivity index (χ1n) is 5.33. The summed E-state index contributed by atoms with van der Waals surface area (Å²) in [6.07, 6.45) is 4.79. The molecule has 0 aliphatic rings. The van der Waals surface area contributed by atoms with E-state index in [2.05, 4.69) is 38.1 Å². The van der Waals surface area contributed by atoms with Crippen molar-refractivity contribution in [3.05, 3.63) is 0 Å². The van der Waals surface area contributed by atoms with Crippen LogP contribution in [0.3, 0.4) is 0 Å². The third kappa shape index (κ3) is 5.71. The van der Waals surface area contributed by atoms with Gasteiger partial charge in [-0.2, -0.15) is 0 Å². The monoisotopic (exact) mass is 181 g/mol. The summed E-state index contributed by atoms with van der Waals surface area (Å²) in [6, 6.07) is 0.640. The maximum atomic E-state index is 3.38. The van der Waals surface area contributed by atoms with Crippen molar-refractivity contribution >= 4 is 0 Å². The second-order valence-electron chi connectivity index (χ2n) is 3.63. The van der Waals surface area contributed by atoms with Crippen LogP contribution >= 0.6 is 0 Å². The molecule has 0 aliphatic carbocycles. The van der Waals surface area contributed by atoms with E-state index in [1.807, 2.05) is 6.92 Å². The van der Waals surface area contributed by atoms with Crippen molar-refractivity contribution in [3.63, 3.8) is 0 Å². The van der Waals surface area contributed by atoms with Crippen molar-refractivity contribution in [1.29, 1.82) is 0 Å². The van der Waals surface area contributed by atoms with E-state index in [1.54, 1.807) is 0 Å². The summed E-state index contributed by atoms with van der Waals surface area (Å²) >= 11 is 0. The molecule has 0 heterocycles. The molecular weight excluding hydrogens is 158 g/mol. The first-order chi connectivity index (χ1) is 6.26. The summed E-state index contributed by atoms with van der Waals surface area (Å²) in [6.45, 7) is 6.48. The summed E-state index contributed by atoms with van der Waals surface area (Å²) in [4.78, 5) is 0. The third-order valence-electron chi connectivity index (χ3n) is 2.56. The number of nitrogens with one attached hydrogen (secondary N) is 1. The molecule has 0 amide bonds. The molecule has 0 aromatic carbocycles. The molecule has 0 saturated heterocycles. The molecule has 0 aromatic heterocycles. The minimum atomic E-state index is 0.640. The maximum absolute atomic E-state index is 3.38. The van der Waals surface area contributed by atoms with Crippen molar-refractivity contribution in [1.82, 2.24) is 5.32 Å². The van der Waals surface area contributed by atoms with Crippen molar-refractivity contribution in [2.45, 2.75) is 52.5 Å². The molecule has 1 nitrogen and oxygen atoms in total. The van der Waals surface area contributed by atoms with Crippen molar-refractivity contribution in [2.75, 3.05) is 7.05 Å². The van der Waals surface area contributed by atoms with Gasteiger partial charge in [0.15, 0.2) is 0 Å². The Bertz CT molecular complexity index is 164.